The van der Waals surface area contributed by atoms with Crippen LogP contribution in [-0.4, -0.2) is 39.9 Å². The highest BCUT2D eigenvalue weighted by Crippen LogP contribution is 2.33. The highest BCUT2D eigenvalue weighted by molar-refractivity contribution is 8.26. The zero-order valence-corrected chi connectivity index (χ0v) is 13.2. The van der Waals surface area contributed by atoms with Crippen LogP contribution in [0, 0.1) is 0 Å². The largest absolute Gasteiger partial charge is 0.506 e. The molecule has 0 atom stereocenters. The molecule has 1 N–H and O–H groups in total. The van der Waals surface area contributed by atoms with Crippen LogP contribution < -0.4 is 0 Å². The highest BCUT2D eigenvalue weighted by Gasteiger charge is 2.33. The van der Waals surface area contributed by atoms with Gasteiger partial charge in [-0.15, -0.1) is 0 Å². The third-order valence-corrected chi connectivity index (χ3v) is 4.34. The predicted molar refractivity (Wildman–Crippen MR) is 85.0 cm³/mol. The molecule has 21 heavy (non-hydrogen) atoms. The number of methoxy groups -OCH3 is 1. The van der Waals surface area contributed by atoms with Crippen molar-refractivity contribution in [1.82, 2.24) is 4.90 Å². The maximum atomic E-state index is 12.2. The van der Waals surface area contributed by atoms with Gasteiger partial charge in [0.15, 0.2) is 0 Å². The van der Waals surface area contributed by atoms with Crippen LogP contribution in [0.3, 0.4) is 0 Å². The standard InChI is InChI=1S/C13H10ClNO4S2/c1-19-11(17)6-15-12(18)10(21-13(15)20)5-7-2-3-9(16)8(14)4-7/h2-5,16H,6H2,1H3/b10-5-. The van der Waals surface area contributed by atoms with Crippen molar-refractivity contribution in [3.63, 3.8) is 0 Å². The number of esters is 1. The molecule has 5 nitrogen and oxygen atoms in total. The van der Waals surface area contributed by atoms with Crippen molar-refractivity contribution in [3.8, 4) is 5.75 Å². The first-order chi connectivity index (χ1) is 9.92. The quantitative estimate of drug-likeness (QED) is 0.516. The topological polar surface area (TPSA) is 66.8 Å². The number of rotatable bonds is 3. The molecule has 1 aromatic carbocycles. The minimum atomic E-state index is -0.541. The Morgan fingerprint density at radius 3 is 2.90 bits per heavy atom. The van der Waals surface area contributed by atoms with E-state index in [0.29, 0.717) is 14.8 Å². The van der Waals surface area contributed by atoms with Crippen molar-refractivity contribution < 1.29 is 19.4 Å². The number of thiocarbonyl (C=S) groups is 1. The summed E-state index contributed by atoms with van der Waals surface area (Å²) in [6.07, 6.45) is 1.60. The Bertz CT molecular complexity index is 660. The number of hydrogen-bond acceptors (Lipinski definition) is 6. The molecule has 110 valence electrons. The van der Waals surface area contributed by atoms with Gasteiger partial charge in [0.25, 0.3) is 5.91 Å². The van der Waals surface area contributed by atoms with Gasteiger partial charge in [-0.05, 0) is 23.8 Å². The van der Waals surface area contributed by atoms with Crippen molar-refractivity contribution in [2.45, 2.75) is 0 Å². The lowest BCUT2D eigenvalue weighted by Gasteiger charge is -2.11. The molecule has 0 aromatic heterocycles. The number of phenols is 1. The summed E-state index contributed by atoms with van der Waals surface area (Å²) in [6.45, 7) is -0.213. The van der Waals surface area contributed by atoms with E-state index in [0.717, 1.165) is 11.8 Å². The minimum absolute atomic E-state index is 0.0351. The van der Waals surface area contributed by atoms with E-state index in [2.05, 4.69) is 4.74 Å². The van der Waals surface area contributed by atoms with E-state index < -0.39 is 5.97 Å². The number of thioether (sulfide) groups is 1. The van der Waals surface area contributed by atoms with Crippen molar-refractivity contribution >= 4 is 57.9 Å². The Morgan fingerprint density at radius 1 is 1.57 bits per heavy atom. The third-order valence-electron chi connectivity index (χ3n) is 2.66. The second-order valence-electron chi connectivity index (χ2n) is 4.05. The first-order valence-corrected chi connectivity index (χ1v) is 7.33. The number of carbonyl (C=O) groups is 2. The van der Waals surface area contributed by atoms with Gasteiger partial charge >= 0.3 is 5.97 Å². The van der Waals surface area contributed by atoms with Crippen LogP contribution in [0.4, 0.5) is 0 Å². The molecule has 1 heterocycles. The molecule has 0 spiro atoms. The predicted octanol–water partition coefficient (Wildman–Crippen LogP) is 2.42. The molecule has 1 amide bonds. The Kier molecular flexibility index (Phi) is 4.87. The van der Waals surface area contributed by atoms with Gasteiger partial charge in [0.05, 0.1) is 17.0 Å². The Hall–Kier alpha value is -1.57. The van der Waals surface area contributed by atoms with Gasteiger partial charge in [-0.1, -0.05) is 41.6 Å². The van der Waals surface area contributed by atoms with Gasteiger partial charge in [-0.3, -0.25) is 14.5 Å². The lowest BCUT2D eigenvalue weighted by atomic mass is 10.2. The molecule has 0 saturated carbocycles. The number of phenolic OH excluding ortho intramolecular Hbond substituents is 1. The fourth-order valence-corrected chi connectivity index (χ4v) is 3.04. The molecule has 2 rings (SSSR count). The summed E-state index contributed by atoms with van der Waals surface area (Å²) >= 11 is 12.0. The van der Waals surface area contributed by atoms with Gasteiger partial charge in [0, 0.05) is 0 Å². The van der Waals surface area contributed by atoms with E-state index >= 15 is 0 Å². The van der Waals surface area contributed by atoms with Crippen molar-refractivity contribution in [1.29, 1.82) is 0 Å². The molecule has 0 radical (unpaired) electrons. The first-order valence-electron chi connectivity index (χ1n) is 5.73. The molecule has 1 saturated heterocycles. The first kappa shape index (κ1) is 15.8. The molecule has 8 heteroatoms. The molecular formula is C13H10ClNO4S2. The van der Waals surface area contributed by atoms with E-state index in [-0.39, 0.29) is 23.2 Å². The summed E-state index contributed by atoms with van der Waals surface area (Å²) in [5.41, 5.74) is 0.649. The zero-order chi connectivity index (χ0) is 15.6. The van der Waals surface area contributed by atoms with Crippen LogP contribution in [0.1, 0.15) is 5.56 Å². The highest BCUT2D eigenvalue weighted by atomic mass is 35.5. The Morgan fingerprint density at radius 2 is 2.29 bits per heavy atom. The van der Waals surface area contributed by atoms with E-state index in [9.17, 15) is 14.7 Å². The van der Waals surface area contributed by atoms with Crippen LogP contribution in [0.15, 0.2) is 23.1 Å². The second-order valence-corrected chi connectivity index (χ2v) is 6.14. The van der Waals surface area contributed by atoms with Gasteiger partial charge in [-0.25, -0.2) is 0 Å². The fraction of sp³-hybridized carbons (Fsp3) is 0.154. The lowest BCUT2D eigenvalue weighted by Crippen LogP contribution is -2.33. The van der Waals surface area contributed by atoms with Gasteiger partial charge < -0.3 is 9.84 Å². The monoisotopic (exact) mass is 343 g/mol. The van der Waals surface area contributed by atoms with Crippen LogP contribution in [-0.2, 0) is 14.3 Å². The average molecular weight is 344 g/mol. The summed E-state index contributed by atoms with van der Waals surface area (Å²) in [6, 6.07) is 4.58. The summed E-state index contributed by atoms with van der Waals surface area (Å²) in [4.78, 5) is 25.0. The summed E-state index contributed by atoms with van der Waals surface area (Å²) in [7, 11) is 1.24. The van der Waals surface area contributed by atoms with E-state index in [1.165, 1.54) is 24.1 Å². The lowest BCUT2D eigenvalue weighted by molar-refractivity contribution is -0.143. The number of amides is 1. The van der Waals surface area contributed by atoms with Crippen LogP contribution in [0.2, 0.25) is 5.02 Å². The van der Waals surface area contributed by atoms with E-state index in [1.54, 1.807) is 12.1 Å². The molecule has 0 aliphatic carbocycles. The van der Waals surface area contributed by atoms with Gasteiger partial charge in [0.2, 0.25) is 0 Å². The van der Waals surface area contributed by atoms with Crippen molar-refractivity contribution in [3.05, 3.63) is 33.7 Å². The maximum absolute atomic E-state index is 12.2. The fourth-order valence-electron chi connectivity index (χ4n) is 1.59. The maximum Gasteiger partial charge on any atom is 0.325 e. The van der Waals surface area contributed by atoms with Crippen LogP contribution in [0.25, 0.3) is 6.08 Å². The van der Waals surface area contributed by atoms with Gasteiger partial charge in [0.1, 0.15) is 16.6 Å². The summed E-state index contributed by atoms with van der Waals surface area (Å²) < 4.78 is 4.82. The minimum Gasteiger partial charge on any atom is -0.506 e. The van der Waals surface area contributed by atoms with Crippen LogP contribution in [0.5, 0.6) is 5.75 Å². The number of aromatic hydroxyl groups is 1. The normalized spacial score (nSPS) is 16.7. The number of ether oxygens (including phenoxy) is 1. The molecular weight excluding hydrogens is 334 g/mol. The number of benzene rings is 1. The molecule has 0 unspecified atom stereocenters. The molecule has 1 aliphatic rings. The zero-order valence-electron chi connectivity index (χ0n) is 10.8. The summed E-state index contributed by atoms with van der Waals surface area (Å²) in [5.74, 6) is -0.938. The number of halogens is 1. The smallest absolute Gasteiger partial charge is 0.325 e. The van der Waals surface area contributed by atoms with E-state index in [1.807, 2.05) is 0 Å². The Labute approximate surface area is 135 Å². The SMILES string of the molecule is COC(=O)CN1C(=O)/C(=C/c2ccc(O)c(Cl)c2)SC1=S. The molecule has 1 fully saturated rings. The van der Waals surface area contributed by atoms with Crippen molar-refractivity contribution in [2.75, 3.05) is 13.7 Å². The molecule has 1 aromatic rings. The Balaban J connectivity index is 2.23. The van der Waals surface area contributed by atoms with Crippen LogP contribution >= 0.6 is 35.6 Å². The molecule has 0 bridgehead atoms. The van der Waals surface area contributed by atoms with E-state index in [4.69, 9.17) is 23.8 Å². The van der Waals surface area contributed by atoms with Crippen molar-refractivity contribution in [2.24, 2.45) is 0 Å². The number of nitrogens with zero attached hydrogens (tertiary/aromatic N) is 1. The average Bonchev–Trinajstić information content (AvgIpc) is 2.70. The third kappa shape index (κ3) is 3.55. The second kappa shape index (κ2) is 6.46. The number of hydrogen-bond donors (Lipinski definition) is 1. The van der Waals surface area contributed by atoms with Gasteiger partial charge in [-0.2, -0.15) is 0 Å². The summed E-state index contributed by atoms with van der Waals surface area (Å²) in [5, 5.41) is 9.55. The molecule has 1 aliphatic heterocycles. The number of carbonyl (C=O) groups excluding carboxylic acids is 2.